The van der Waals surface area contributed by atoms with Crippen LogP contribution in [-0.2, 0) is 4.79 Å². The quantitative estimate of drug-likeness (QED) is 0.778. The van der Waals surface area contributed by atoms with Crippen molar-refractivity contribution in [1.82, 2.24) is 4.90 Å². The zero-order valence-electron chi connectivity index (χ0n) is 10.9. The molecule has 0 fully saturated rings. The number of nitrogens with zero attached hydrogens (tertiary/aromatic N) is 1. The van der Waals surface area contributed by atoms with Gasteiger partial charge in [-0.15, -0.1) is 0 Å². The number of hydrogen-bond donors (Lipinski definition) is 2. The lowest BCUT2D eigenvalue weighted by Crippen LogP contribution is -2.39. The van der Waals surface area contributed by atoms with E-state index in [1.54, 1.807) is 18.2 Å². The molecular formula is C13H18ClN3O2. The van der Waals surface area contributed by atoms with Crippen LogP contribution in [0.1, 0.15) is 30.1 Å². The summed E-state index contributed by atoms with van der Waals surface area (Å²) >= 11 is 6.00. The molecule has 4 N–H and O–H groups in total. The van der Waals surface area contributed by atoms with Crippen molar-refractivity contribution in [2.24, 2.45) is 5.73 Å². The van der Waals surface area contributed by atoms with Gasteiger partial charge in [0.15, 0.2) is 0 Å². The van der Waals surface area contributed by atoms with E-state index in [1.807, 2.05) is 6.92 Å². The van der Waals surface area contributed by atoms with Gasteiger partial charge in [-0.05, 0) is 18.6 Å². The summed E-state index contributed by atoms with van der Waals surface area (Å²) in [4.78, 5) is 24.8. The average Bonchev–Trinajstić information content (AvgIpc) is 2.33. The van der Waals surface area contributed by atoms with E-state index < -0.39 is 5.91 Å². The lowest BCUT2D eigenvalue weighted by Gasteiger charge is -2.22. The third-order valence-electron chi connectivity index (χ3n) is 2.68. The number of benzene rings is 1. The lowest BCUT2D eigenvalue weighted by molar-refractivity contribution is -0.118. The minimum atomic E-state index is -0.560. The maximum Gasteiger partial charge on any atom is 0.257 e. The molecule has 19 heavy (non-hydrogen) atoms. The molecule has 0 spiro atoms. The Kier molecular flexibility index (Phi) is 5.63. The van der Waals surface area contributed by atoms with Crippen molar-refractivity contribution < 1.29 is 9.59 Å². The number of rotatable bonds is 6. The molecule has 0 aliphatic rings. The Bertz CT molecular complexity index is 457. The Morgan fingerprint density at radius 2 is 2.05 bits per heavy atom. The molecule has 1 aromatic rings. The van der Waals surface area contributed by atoms with Crippen molar-refractivity contribution >= 4 is 29.1 Å². The van der Waals surface area contributed by atoms with Crippen LogP contribution in [0, 0.1) is 0 Å². The normalized spacial score (nSPS) is 10.2. The Labute approximate surface area is 117 Å². The molecule has 0 atom stereocenters. The summed E-state index contributed by atoms with van der Waals surface area (Å²) in [5, 5.41) is 0.274. The smallest absolute Gasteiger partial charge is 0.257 e. The van der Waals surface area contributed by atoms with Crippen LogP contribution in [0.25, 0.3) is 0 Å². The van der Waals surface area contributed by atoms with Crippen LogP contribution in [0.15, 0.2) is 18.2 Å². The van der Waals surface area contributed by atoms with Crippen LogP contribution in [0.3, 0.4) is 0 Å². The maximum atomic E-state index is 12.4. The summed E-state index contributed by atoms with van der Waals surface area (Å²) in [6.07, 6.45) is 1.68. The number of carbonyl (C=O) groups is 2. The van der Waals surface area contributed by atoms with Crippen molar-refractivity contribution in [3.05, 3.63) is 28.8 Å². The molecule has 0 unspecified atom stereocenters. The predicted molar refractivity (Wildman–Crippen MR) is 75.9 cm³/mol. The number of nitrogen functional groups attached to an aromatic ring is 1. The van der Waals surface area contributed by atoms with Crippen molar-refractivity contribution in [3.8, 4) is 0 Å². The Balaban J connectivity index is 3.01. The number of amides is 2. The van der Waals surface area contributed by atoms with Crippen molar-refractivity contribution in [2.45, 2.75) is 19.8 Å². The summed E-state index contributed by atoms with van der Waals surface area (Å²) in [6, 6.07) is 4.85. The van der Waals surface area contributed by atoms with E-state index in [4.69, 9.17) is 23.1 Å². The molecule has 0 bridgehead atoms. The molecule has 6 heteroatoms. The molecule has 0 heterocycles. The van der Waals surface area contributed by atoms with Gasteiger partial charge in [-0.25, -0.2) is 0 Å². The third kappa shape index (κ3) is 4.13. The van der Waals surface area contributed by atoms with E-state index >= 15 is 0 Å². The van der Waals surface area contributed by atoms with E-state index in [1.165, 1.54) is 4.90 Å². The maximum absolute atomic E-state index is 12.4. The van der Waals surface area contributed by atoms with E-state index in [-0.39, 0.29) is 23.0 Å². The largest absolute Gasteiger partial charge is 0.398 e. The highest BCUT2D eigenvalue weighted by Gasteiger charge is 2.21. The number of anilines is 1. The zero-order valence-corrected chi connectivity index (χ0v) is 11.6. The van der Waals surface area contributed by atoms with Gasteiger partial charge >= 0.3 is 0 Å². The SMILES string of the molecule is CCCCN(CC(N)=O)C(=O)c1c(N)cccc1Cl. The monoisotopic (exact) mass is 283 g/mol. The molecule has 104 valence electrons. The van der Waals surface area contributed by atoms with Gasteiger partial charge in [-0.1, -0.05) is 31.0 Å². The van der Waals surface area contributed by atoms with E-state index in [0.29, 0.717) is 12.2 Å². The highest BCUT2D eigenvalue weighted by Crippen LogP contribution is 2.23. The molecule has 0 saturated heterocycles. The van der Waals surface area contributed by atoms with Crippen LogP contribution >= 0.6 is 11.6 Å². The third-order valence-corrected chi connectivity index (χ3v) is 2.99. The molecule has 1 aromatic carbocycles. The molecule has 0 saturated carbocycles. The van der Waals surface area contributed by atoms with Crippen molar-refractivity contribution in [2.75, 3.05) is 18.8 Å². The fourth-order valence-corrected chi connectivity index (χ4v) is 1.98. The van der Waals surface area contributed by atoms with E-state index in [2.05, 4.69) is 0 Å². The number of halogens is 1. The van der Waals surface area contributed by atoms with Crippen molar-refractivity contribution in [3.63, 3.8) is 0 Å². The topological polar surface area (TPSA) is 89.4 Å². The van der Waals surface area contributed by atoms with Gasteiger partial charge in [0.2, 0.25) is 5.91 Å². The first-order chi connectivity index (χ1) is 8.97. The van der Waals surface area contributed by atoms with E-state index in [9.17, 15) is 9.59 Å². The first-order valence-electron chi connectivity index (χ1n) is 6.09. The minimum Gasteiger partial charge on any atom is -0.398 e. The van der Waals surface area contributed by atoms with Gasteiger partial charge in [0.25, 0.3) is 5.91 Å². The van der Waals surface area contributed by atoms with E-state index in [0.717, 1.165) is 12.8 Å². The summed E-state index contributed by atoms with van der Waals surface area (Å²) in [6.45, 7) is 2.31. The van der Waals surface area contributed by atoms with Gasteiger partial charge in [-0.2, -0.15) is 0 Å². The summed E-state index contributed by atoms with van der Waals surface area (Å²) in [7, 11) is 0. The molecule has 1 rings (SSSR count). The molecule has 0 aromatic heterocycles. The van der Waals surface area contributed by atoms with Crippen LogP contribution in [0.4, 0.5) is 5.69 Å². The summed E-state index contributed by atoms with van der Waals surface area (Å²) < 4.78 is 0. The second-order valence-corrected chi connectivity index (χ2v) is 4.66. The minimum absolute atomic E-state index is 0.135. The number of primary amides is 1. The van der Waals surface area contributed by atoms with Crippen LogP contribution < -0.4 is 11.5 Å². The highest BCUT2D eigenvalue weighted by molar-refractivity contribution is 6.34. The first kappa shape index (κ1) is 15.3. The average molecular weight is 284 g/mol. The molecule has 0 aliphatic carbocycles. The standard InChI is InChI=1S/C13H18ClN3O2/c1-2-3-7-17(8-11(16)18)13(19)12-9(14)5-4-6-10(12)15/h4-6H,2-3,7-8,15H2,1H3,(H2,16,18). The van der Waals surface area contributed by atoms with Crippen molar-refractivity contribution in [1.29, 1.82) is 0 Å². The van der Waals surface area contributed by atoms with Crippen LogP contribution in [0.5, 0.6) is 0 Å². The Morgan fingerprint density at radius 3 is 2.58 bits per heavy atom. The molecule has 0 radical (unpaired) electrons. The first-order valence-corrected chi connectivity index (χ1v) is 6.46. The fraction of sp³-hybridized carbons (Fsp3) is 0.385. The van der Waals surface area contributed by atoms with Gasteiger partial charge in [-0.3, -0.25) is 9.59 Å². The van der Waals surface area contributed by atoms with Gasteiger partial charge in [0.1, 0.15) is 0 Å². The fourth-order valence-electron chi connectivity index (χ4n) is 1.71. The molecular weight excluding hydrogens is 266 g/mol. The van der Waals surface area contributed by atoms with Crippen LogP contribution in [-0.4, -0.2) is 29.8 Å². The Hall–Kier alpha value is -1.75. The number of unbranched alkanes of at least 4 members (excludes halogenated alkanes) is 1. The molecule has 2 amide bonds. The molecule has 0 aliphatic heterocycles. The predicted octanol–water partition coefficient (Wildman–Crippen LogP) is 1.65. The second kappa shape index (κ2) is 6.99. The zero-order chi connectivity index (χ0) is 14.4. The van der Waals surface area contributed by atoms with Gasteiger partial charge in [0.05, 0.1) is 17.1 Å². The van der Waals surface area contributed by atoms with Gasteiger partial charge in [0, 0.05) is 12.2 Å². The number of nitrogens with two attached hydrogens (primary N) is 2. The summed E-state index contributed by atoms with van der Waals surface area (Å²) in [5.74, 6) is -0.926. The van der Waals surface area contributed by atoms with Crippen LogP contribution in [0.2, 0.25) is 5.02 Å². The Morgan fingerprint density at radius 1 is 1.37 bits per heavy atom. The van der Waals surface area contributed by atoms with Gasteiger partial charge < -0.3 is 16.4 Å². The number of hydrogen-bond acceptors (Lipinski definition) is 3. The highest BCUT2D eigenvalue weighted by atomic mass is 35.5. The number of carbonyl (C=O) groups excluding carboxylic acids is 2. The second-order valence-electron chi connectivity index (χ2n) is 4.25. The summed E-state index contributed by atoms with van der Waals surface area (Å²) in [5.41, 5.74) is 11.4. The lowest BCUT2D eigenvalue weighted by atomic mass is 10.1. The molecule has 5 nitrogen and oxygen atoms in total.